The molecule has 2 atom stereocenters. The number of sulfone groups is 1. The minimum Gasteiger partial charge on any atom is -0.338 e. The van der Waals surface area contributed by atoms with Gasteiger partial charge >= 0.3 is 0 Å². The van der Waals surface area contributed by atoms with Crippen LogP contribution >= 0.6 is 0 Å². The van der Waals surface area contributed by atoms with Crippen LogP contribution in [0.5, 0.6) is 0 Å². The summed E-state index contributed by atoms with van der Waals surface area (Å²) in [4.78, 5) is 30.9. The van der Waals surface area contributed by atoms with E-state index in [0.717, 1.165) is 11.3 Å². The minimum absolute atomic E-state index is 0.00225. The third kappa shape index (κ3) is 4.76. The number of hydrogen-bond acceptors (Lipinski definition) is 5. The van der Waals surface area contributed by atoms with Crippen molar-refractivity contribution in [3.05, 3.63) is 59.9 Å². The van der Waals surface area contributed by atoms with Gasteiger partial charge in [-0.3, -0.25) is 14.6 Å². The van der Waals surface area contributed by atoms with E-state index in [1.54, 1.807) is 17.2 Å². The van der Waals surface area contributed by atoms with Crippen molar-refractivity contribution in [1.29, 1.82) is 0 Å². The molecule has 0 aliphatic carbocycles. The largest absolute Gasteiger partial charge is 0.338 e. The van der Waals surface area contributed by atoms with Gasteiger partial charge in [-0.1, -0.05) is 24.3 Å². The fraction of sp³-hybridized carbons (Fsp3) is 0.318. The smallest absolute Gasteiger partial charge is 0.229 e. The number of rotatable bonds is 5. The Hall–Kier alpha value is -3.00. The summed E-state index contributed by atoms with van der Waals surface area (Å²) < 4.78 is 23.4. The number of amides is 2. The number of carbonyl (C=O) groups is 2. The zero-order valence-electron chi connectivity index (χ0n) is 16.4. The van der Waals surface area contributed by atoms with E-state index in [0.29, 0.717) is 12.1 Å². The van der Waals surface area contributed by atoms with E-state index in [2.05, 4.69) is 10.3 Å². The number of carbonyl (C=O) groups excluding carboxylic acids is 2. The minimum atomic E-state index is -3.08. The monoisotopic (exact) mass is 425 g/mol. The molecule has 1 N–H and O–H groups in total. The van der Waals surface area contributed by atoms with E-state index in [9.17, 15) is 18.0 Å². The lowest BCUT2D eigenvalue weighted by molar-refractivity contribution is -0.129. The van der Waals surface area contributed by atoms with Crippen LogP contribution in [-0.4, -0.2) is 54.2 Å². The molecule has 1 aromatic heterocycles. The lowest BCUT2D eigenvalue weighted by Crippen LogP contribution is -2.38. The van der Waals surface area contributed by atoms with E-state index in [4.69, 9.17) is 0 Å². The molecule has 0 bridgehead atoms. The third-order valence-electron chi connectivity index (χ3n) is 5.47. The van der Waals surface area contributed by atoms with Gasteiger partial charge in [0, 0.05) is 30.9 Å². The van der Waals surface area contributed by atoms with Crippen molar-refractivity contribution in [2.45, 2.75) is 18.9 Å². The average Bonchev–Trinajstić information content (AvgIpc) is 3.29. The van der Waals surface area contributed by atoms with Crippen molar-refractivity contribution < 1.29 is 18.0 Å². The van der Waals surface area contributed by atoms with Gasteiger partial charge in [-0.05, 0) is 42.3 Å². The summed E-state index contributed by atoms with van der Waals surface area (Å²) in [6.45, 7) is 0.268. The van der Waals surface area contributed by atoms with Crippen LogP contribution in [0.2, 0.25) is 0 Å². The summed E-state index contributed by atoms with van der Waals surface area (Å²) in [6.07, 6.45) is 6.10. The topological polar surface area (TPSA) is 96.4 Å². The number of hydrogen-bond donors (Lipinski definition) is 1. The fourth-order valence-corrected chi connectivity index (χ4v) is 5.63. The molecule has 2 amide bonds. The van der Waals surface area contributed by atoms with Crippen LogP contribution in [0.1, 0.15) is 24.1 Å². The first-order chi connectivity index (χ1) is 14.4. The Morgan fingerprint density at radius 2 is 2.03 bits per heavy atom. The molecule has 30 heavy (non-hydrogen) atoms. The maximum Gasteiger partial charge on any atom is 0.229 e. The van der Waals surface area contributed by atoms with Crippen molar-refractivity contribution in [3.8, 4) is 0 Å². The lowest BCUT2D eigenvalue weighted by Gasteiger charge is -2.22. The van der Waals surface area contributed by atoms with Gasteiger partial charge in [0.05, 0.1) is 23.1 Å². The second-order valence-corrected chi connectivity index (χ2v) is 9.94. The molecule has 0 radical (unpaired) electrons. The summed E-state index contributed by atoms with van der Waals surface area (Å²) in [5, 5.41) is 2.88. The summed E-state index contributed by atoms with van der Waals surface area (Å²) in [5.41, 5.74) is 2.40. The number of nitrogens with zero attached hydrogens (tertiary/aromatic N) is 2. The Labute approximate surface area is 175 Å². The van der Waals surface area contributed by atoms with Crippen LogP contribution in [0.25, 0.3) is 12.2 Å². The predicted octanol–water partition coefficient (Wildman–Crippen LogP) is 2.23. The van der Waals surface area contributed by atoms with E-state index in [-0.39, 0.29) is 42.3 Å². The number of nitrogens with one attached hydrogen (secondary N) is 1. The normalized spacial score (nSPS) is 23.2. The van der Waals surface area contributed by atoms with Crippen molar-refractivity contribution in [1.82, 2.24) is 9.88 Å². The number of likely N-dealkylation sites (tertiary alicyclic amines) is 1. The second-order valence-electron chi connectivity index (χ2n) is 7.71. The number of pyridine rings is 1. The molecule has 2 aliphatic heterocycles. The summed E-state index contributed by atoms with van der Waals surface area (Å²) >= 11 is 0. The second kappa shape index (κ2) is 8.39. The Morgan fingerprint density at radius 3 is 2.77 bits per heavy atom. The van der Waals surface area contributed by atoms with E-state index in [1.807, 2.05) is 48.6 Å². The van der Waals surface area contributed by atoms with Crippen LogP contribution < -0.4 is 5.32 Å². The Kier molecular flexibility index (Phi) is 5.67. The molecule has 2 aliphatic rings. The molecular formula is C22H23N3O4S. The average molecular weight is 426 g/mol. The molecule has 2 fully saturated rings. The van der Waals surface area contributed by atoms with Gasteiger partial charge in [0.25, 0.3) is 0 Å². The molecule has 8 heteroatoms. The first kappa shape index (κ1) is 20.3. The molecule has 2 aromatic rings. The highest BCUT2D eigenvalue weighted by molar-refractivity contribution is 7.91. The number of benzene rings is 1. The quantitative estimate of drug-likeness (QED) is 0.792. The zero-order chi connectivity index (χ0) is 21.1. The van der Waals surface area contributed by atoms with Gasteiger partial charge in [-0.15, -0.1) is 0 Å². The molecular weight excluding hydrogens is 402 g/mol. The fourth-order valence-electron chi connectivity index (χ4n) is 3.90. The van der Waals surface area contributed by atoms with E-state index < -0.39 is 15.8 Å². The molecule has 4 rings (SSSR count). The van der Waals surface area contributed by atoms with Crippen LogP contribution in [0.15, 0.2) is 48.7 Å². The molecule has 3 heterocycles. The van der Waals surface area contributed by atoms with Crippen LogP contribution in [-0.2, 0) is 19.4 Å². The summed E-state index contributed by atoms with van der Waals surface area (Å²) in [5.74, 6) is -0.746. The lowest BCUT2D eigenvalue weighted by atomic mass is 10.1. The van der Waals surface area contributed by atoms with Crippen LogP contribution in [0, 0.1) is 5.92 Å². The molecule has 156 valence electrons. The van der Waals surface area contributed by atoms with Gasteiger partial charge in [-0.2, -0.15) is 0 Å². The van der Waals surface area contributed by atoms with E-state index >= 15 is 0 Å². The molecule has 7 nitrogen and oxygen atoms in total. The van der Waals surface area contributed by atoms with Gasteiger partial charge < -0.3 is 10.2 Å². The molecule has 2 unspecified atom stereocenters. The maximum absolute atomic E-state index is 12.7. The first-order valence-corrected chi connectivity index (χ1v) is 11.7. The Morgan fingerprint density at radius 1 is 1.17 bits per heavy atom. The van der Waals surface area contributed by atoms with E-state index in [1.165, 1.54) is 0 Å². The Bertz CT molecular complexity index is 1080. The van der Waals surface area contributed by atoms with Crippen molar-refractivity contribution in [3.63, 3.8) is 0 Å². The standard InChI is InChI=1S/C22H23N3O4S/c26-21-13-17(14-25(21)20-9-11-30(28,29)15-20)22(27)24-19-6-3-4-16(12-19)7-8-18-5-1-2-10-23-18/h1-8,10,12,17,20H,9,11,13-15H2,(H,24,27). The first-order valence-electron chi connectivity index (χ1n) is 9.89. The predicted molar refractivity (Wildman–Crippen MR) is 115 cm³/mol. The van der Waals surface area contributed by atoms with Gasteiger partial charge in [0.15, 0.2) is 9.84 Å². The van der Waals surface area contributed by atoms with Crippen molar-refractivity contribution in [2.24, 2.45) is 5.92 Å². The molecule has 0 spiro atoms. The zero-order valence-corrected chi connectivity index (χ0v) is 17.2. The van der Waals surface area contributed by atoms with Gasteiger partial charge in [0.1, 0.15) is 0 Å². The third-order valence-corrected chi connectivity index (χ3v) is 7.22. The van der Waals surface area contributed by atoms with Crippen LogP contribution in [0.3, 0.4) is 0 Å². The number of aromatic nitrogens is 1. The Balaban J connectivity index is 1.38. The number of anilines is 1. The summed E-state index contributed by atoms with van der Waals surface area (Å²) in [7, 11) is -3.08. The summed E-state index contributed by atoms with van der Waals surface area (Å²) in [6, 6.07) is 12.8. The SMILES string of the molecule is O=C(Nc1cccc(C=Cc2ccccn2)c1)C1CC(=O)N(C2CCS(=O)(=O)C2)C1. The molecule has 2 saturated heterocycles. The van der Waals surface area contributed by atoms with Crippen LogP contribution in [0.4, 0.5) is 5.69 Å². The highest BCUT2D eigenvalue weighted by Gasteiger charge is 2.41. The molecule has 1 aromatic carbocycles. The highest BCUT2D eigenvalue weighted by Crippen LogP contribution is 2.27. The van der Waals surface area contributed by atoms with Gasteiger partial charge in [-0.25, -0.2) is 8.42 Å². The van der Waals surface area contributed by atoms with Crippen molar-refractivity contribution >= 4 is 39.5 Å². The molecule has 0 saturated carbocycles. The van der Waals surface area contributed by atoms with Crippen molar-refractivity contribution in [2.75, 3.05) is 23.4 Å². The maximum atomic E-state index is 12.7. The van der Waals surface area contributed by atoms with Gasteiger partial charge in [0.2, 0.25) is 11.8 Å². The highest BCUT2D eigenvalue weighted by atomic mass is 32.2.